The smallest absolute Gasteiger partial charge is 0.160 e. The van der Waals surface area contributed by atoms with E-state index in [0.717, 1.165) is 12.8 Å². The molecule has 0 spiro atoms. The highest BCUT2D eigenvalue weighted by atomic mass is 31.1. The molecular formula is C6H14O2P+. The maximum atomic E-state index is 10.6. The predicted octanol–water partition coefficient (Wildman–Crippen LogP) is 2.30. The van der Waals surface area contributed by atoms with Gasteiger partial charge in [-0.2, -0.15) is 4.89 Å². The van der Waals surface area contributed by atoms with Gasteiger partial charge >= 0.3 is 8.03 Å². The summed E-state index contributed by atoms with van der Waals surface area (Å²) in [4.78, 5) is 8.78. The van der Waals surface area contributed by atoms with Gasteiger partial charge in [-0.25, -0.2) is 0 Å². The van der Waals surface area contributed by atoms with Crippen molar-refractivity contribution in [3.63, 3.8) is 0 Å². The Hall–Kier alpha value is 0.0600. The molecule has 0 aromatic rings. The Morgan fingerprint density at radius 3 is 1.78 bits per heavy atom. The van der Waals surface area contributed by atoms with Gasteiger partial charge in [0.2, 0.25) is 0 Å². The Bertz CT molecular complexity index is 108. The van der Waals surface area contributed by atoms with E-state index >= 15 is 0 Å². The van der Waals surface area contributed by atoms with Gasteiger partial charge in [0, 0.05) is 0 Å². The monoisotopic (exact) mass is 149 g/mol. The van der Waals surface area contributed by atoms with E-state index < -0.39 is 8.03 Å². The van der Waals surface area contributed by atoms with Gasteiger partial charge in [-0.05, 0) is 24.3 Å². The van der Waals surface area contributed by atoms with E-state index in [1.165, 1.54) is 0 Å². The molecule has 0 radical (unpaired) electrons. The van der Waals surface area contributed by atoms with Crippen LogP contribution >= 0.6 is 8.03 Å². The highest BCUT2D eigenvalue weighted by Crippen LogP contribution is 2.40. The minimum absolute atomic E-state index is 0.352. The van der Waals surface area contributed by atoms with Crippen molar-refractivity contribution in [3.05, 3.63) is 0 Å². The van der Waals surface area contributed by atoms with E-state index in [1.807, 2.05) is 20.8 Å². The van der Waals surface area contributed by atoms with Gasteiger partial charge in [0.25, 0.3) is 0 Å². The Labute approximate surface area is 57.1 Å². The third-order valence-electron chi connectivity index (χ3n) is 1.99. The molecule has 1 atom stereocenters. The normalized spacial score (nSPS) is 13.6. The summed E-state index contributed by atoms with van der Waals surface area (Å²) < 4.78 is 10.6. The van der Waals surface area contributed by atoms with Gasteiger partial charge in [-0.1, -0.05) is 13.8 Å². The minimum atomic E-state index is -2.00. The first-order valence-corrected chi connectivity index (χ1v) is 4.44. The third kappa shape index (κ3) is 2.04. The lowest BCUT2D eigenvalue weighted by molar-refractivity contribution is 0.441. The van der Waals surface area contributed by atoms with Crippen LogP contribution in [0.15, 0.2) is 0 Å². The van der Waals surface area contributed by atoms with Gasteiger partial charge in [0.05, 0.1) is 0 Å². The van der Waals surface area contributed by atoms with Gasteiger partial charge in [-0.15, -0.1) is 0 Å². The molecule has 0 bridgehead atoms. The molecule has 9 heavy (non-hydrogen) atoms. The highest BCUT2D eigenvalue weighted by Gasteiger charge is 2.40. The second-order valence-electron chi connectivity index (χ2n) is 2.48. The van der Waals surface area contributed by atoms with Crippen LogP contribution in [0, 0.1) is 0 Å². The molecule has 1 unspecified atom stereocenters. The minimum Gasteiger partial charge on any atom is -0.160 e. The van der Waals surface area contributed by atoms with Gasteiger partial charge in [-0.3, -0.25) is 0 Å². The maximum Gasteiger partial charge on any atom is 0.511 e. The lowest BCUT2D eigenvalue weighted by atomic mass is 10.1. The zero-order valence-corrected chi connectivity index (χ0v) is 7.11. The molecule has 0 aromatic heterocycles. The standard InChI is InChI=1S/C6H13O2P/c1-4-6(3,5-2)9(7)8/h4-5H2,1-3H3/p+1. The van der Waals surface area contributed by atoms with E-state index in [2.05, 4.69) is 0 Å². The Morgan fingerprint density at radius 1 is 1.44 bits per heavy atom. The number of rotatable bonds is 3. The molecular weight excluding hydrogens is 135 g/mol. The molecule has 54 valence electrons. The van der Waals surface area contributed by atoms with Crippen LogP contribution in [0.2, 0.25) is 0 Å². The zero-order valence-electron chi connectivity index (χ0n) is 6.22. The summed E-state index contributed by atoms with van der Waals surface area (Å²) in [7, 11) is -2.00. The van der Waals surface area contributed by atoms with Crippen molar-refractivity contribution in [1.82, 2.24) is 0 Å². The molecule has 0 amide bonds. The van der Waals surface area contributed by atoms with Crippen molar-refractivity contribution < 1.29 is 9.46 Å². The first-order chi connectivity index (χ1) is 4.06. The molecule has 0 aliphatic rings. The van der Waals surface area contributed by atoms with Crippen LogP contribution < -0.4 is 0 Å². The van der Waals surface area contributed by atoms with Crippen LogP contribution in [0.5, 0.6) is 0 Å². The van der Waals surface area contributed by atoms with E-state index in [1.54, 1.807) is 0 Å². The van der Waals surface area contributed by atoms with Gasteiger partial charge < -0.3 is 0 Å². The lowest BCUT2D eigenvalue weighted by Gasteiger charge is -2.09. The molecule has 3 heteroatoms. The average Bonchev–Trinajstić information content (AvgIpc) is 1.86. The van der Waals surface area contributed by atoms with E-state index in [-0.39, 0.29) is 5.16 Å². The quantitative estimate of drug-likeness (QED) is 0.625. The summed E-state index contributed by atoms with van der Waals surface area (Å²) in [5, 5.41) is -0.352. The van der Waals surface area contributed by atoms with Crippen molar-refractivity contribution in [3.8, 4) is 0 Å². The molecule has 0 aromatic carbocycles. The fourth-order valence-corrected chi connectivity index (χ4v) is 1.06. The van der Waals surface area contributed by atoms with Crippen molar-refractivity contribution in [2.45, 2.75) is 38.8 Å². The SMILES string of the molecule is CCC(C)(CC)[P+](=O)O. The van der Waals surface area contributed by atoms with Crippen LogP contribution in [0.1, 0.15) is 33.6 Å². The number of hydrogen-bond acceptors (Lipinski definition) is 1. The Morgan fingerprint density at radius 2 is 1.78 bits per heavy atom. The van der Waals surface area contributed by atoms with Crippen LogP contribution in [0.25, 0.3) is 0 Å². The summed E-state index contributed by atoms with van der Waals surface area (Å²) in [5.74, 6) is 0. The van der Waals surface area contributed by atoms with Crippen molar-refractivity contribution >= 4 is 8.03 Å². The molecule has 0 saturated carbocycles. The van der Waals surface area contributed by atoms with E-state index in [4.69, 9.17) is 4.89 Å². The van der Waals surface area contributed by atoms with Crippen LogP contribution in [0.3, 0.4) is 0 Å². The molecule has 2 nitrogen and oxygen atoms in total. The molecule has 0 rings (SSSR count). The largest absolute Gasteiger partial charge is 0.511 e. The Balaban J connectivity index is 4.09. The van der Waals surface area contributed by atoms with E-state index in [9.17, 15) is 4.57 Å². The average molecular weight is 149 g/mol. The summed E-state index contributed by atoms with van der Waals surface area (Å²) in [6.07, 6.45) is 1.55. The molecule has 0 aliphatic heterocycles. The van der Waals surface area contributed by atoms with Crippen molar-refractivity contribution in [2.75, 3.05) is 0 Å². The first kappa shape index (κ1) is 9.06. The summed E-state index contributed by atoms with van der Waals surface area (Å²) in [5.41, 5.74) is 0. The number of hydrogen-bond donors (Lipinski definition) is 1. The molecule has 0 fully saturated rings. The summed E-state index contributed by atoms with van der Waals surface area (Å²) in [6.45, 7) is 5.71. The van der Waals surface area contributed by atoms with Gasteiger partial charge in [0.15, 0.2) is 5.16 Å². The van der Waals surface area contributed by atoms with Crippen molar-refractivity contribution in [1.29, 1.82) is 0 Å². The van der Waals surface area contributed by atoms with E-state index in [0.29, 0.717) is 0 Å². The lowest BCUT2D eigenvalue weighted by Crippen LogP contribution is -2.16. The second-order valence-corrected chi connectivity index (χ2v) is 4.10. The fourth-order valence-electron chi connectivity index (χ4n) is 0.521. The van der Waals surface area contributed by atoms with Crippen LogP contribution in [-0.4, -0.2) is 10.0 Å². The van der Waals surface area contributed by atoms with Gasteiger partial charge in [0.1, 0.15) is 0 Å². The fraction of sp³-hybridized carbons (Fsp3) is 1.00. The Kier molecular flexibility index (Phi) is 3.31. The molecule has 1 N–H and O–H groups in total. The zero-order chi connectivity index (χ0) is 7.49. The molecule has 0 heterocycles. The summed E-state index contributed by atoms with van der Waals surface area (Å²) >= 11 is 0. The first-order valence-electron chi connectivity index (χ1n) is 3.23. The third-order valence-corrected chi connectivity index (χ3v) is 3.54. The second kappa shape index (κ2) is 3.28. The molecule has 0 saturated heterocycles. The topological polar surface area (TPSA) is 37.3 Å². The van der Waals surface area contributed by atoms with Crippen LogP contribution in [-0.2, 0) is 4.57 Å². The predicted molar refractivity (Wildman–Crippen MR) is 38.8 cm³/mol. The maximum absolute atomic E-state index is 10.6. The molecule has 0 aliphatic carbocycles. The van der Waals surface area contributed by atoms with Crippen LogP contribution in [0.4, 0.5) is 0 Å². The summed E-state index contributed by atoms with van der Waals surface area (Å²) in [6, 6.07) is 0. The highest BCUT2D eigenvalue weighted by molar-refractivity contribution is 7.40. The van der Waals surface area contributed by atoms with Crippen molar-refractivity contribution in [2.24, 2.45) is 0 Å².